The highest BCUT2D eigenvalue weighted by Gasteiger charge is 2.06. The van der Waals surface area contributed by atoms with Gasteiger partial charge in [-0.1, -0.05) is 62.9 Å². The van der Waals surface area contributed by atoms with E-state index >= 15 is 0 Å². The van der Waals surface area contributed by atoms with Crippen molar-refractivity contribution in [3.8, 4) is 0 Å². The van der Waals surface area contributed by atoms with E-state index in [-0.39, 0.29) is 11.8 Å². The van der Waals surface area contributed by atoms with Gasteiger partial charge in [0.2, 0.25) is 5.91 Å². The summed E-state index contributed by atoms with van der Waals surface area (Å²) in [6.45, 7) is 3.85. The van der Waals surface area contributed by atoms with E-state index in [1.54, 1.807) is 24.3 Å². The standard InChI is InChI=1S/C23H31N3O2/c1-2-3-4-5-9-16-24-18-22(27)26-21-14-12-20(13-15-21)23(28)25-17-19-10-7-6-8-11-19/h6-8,10-15,24H,2-5,9,16-18H2,1H3,(H,25,28)(H,26,27). The Kier molecular flexibility index (Phi) is 9.80. The zero-order chi connectivity index (χ0) is 20.0. The van der Waals surface area contributed by atoms with Gasteiger partial charge < -0.3 is 16.0 Å². The molecule has 0 radical (unpaired) electrons. The minimum Gasteiger partial charge on any atom is -0.348 e. The van der Waals surface area contributed by atoms with E-state index in [0.717, 1.165) is 18.5 Å². The summed E-state index contributed by atoms with van der Waals surface area (Å²) in [7, 11) is 0. The number of carbonyl (C=O) groups excluding carboxylic acids is 2. The van der Waals surface area contributed by atoms with Crippen LogP contribution in [0.1, 0.15) is 54.9 Å². The normalized spacial score (nSPS) is 10.5. The fraction of sp³-hybridized carbons (Fsp3) is 0.391. The fourth-order valence-corrected chi connectivity index (χ4v) is 2.85. The molecule has 2 rings (SSSR count). The molecule has 0 bridgehead atoms. The quantitative estimate of drug-likeness (QED) is 0.485. The minimum absolute atomic E-state index is 0.0742. The molecular weight excluding hydrogens is 350 g/mol. The molecule has 150 valence electrons. The number of carbonyl (C=O) groups is 2. The molecule has 0 spiro atoms. The highest BCUT2D eigenvalue weighted by Crippen LogP contribution is 2.10. The van der Waals surface area contributed by atoms with Gasteiger partial charge in [-0.3, -0.25) is 9.59 Å². The average Bonchev–Trinajstić information content (AvgIpc) is 2.72. The van der Waals surface area contributed by atoms with Crippen molar-refractivity contribution in [3.63, 3.8) is 0 Å². The van der Waals surface area contributed by atoms with E-state index in [1.165, 1.54) is 25.7 Å². The Bertz CT molecular complexity index is 714. The van der Waals surface area contributed by atoms with Gasteiger partial charge in [0, 0.05) is 17.8 Å². The zero-order valence-corrected chi connectivity index (χ0v) is 16.7. The molecule has 2 aromatic rings. The third-order valence-corrected chi connectivity index (χ3v) is 4.47. The molecule has 0 aliphatic rings. The van der Waals surface area contributed by atoms with Gasteiger partial charge in [-0.2, -0.15) is 0 Å². The van der Waals surface area contributed by atoms with Crippen LogP contribution in [0.25, 0.3) is 0 Å². The molecule has 0 aliphatic heterocycles. The van der Waals surface area contributed by atoms with E-state index in [0.29, 0.717) is 24.3 Å². The predicted octanol–water partition coefficient (Wildman–Crippen LogP) is 4.12. The largest absolute Gasteiger partial charge is 0.348 e. The van der Waals surface area contributed by atoms with Gasteiger partial charge in [-0.05, 0) is 42.8 Å². The fourth-order valence-electron chi connectivity index (χ4n) is 2.85. The lowest BCUT2D eigenvalue weighted by molar-refractivity contribution is -0.115. The molecule has 3 N–H and O–H groups in total. The topological polar surface area (TPSA) is 70.2 Å². The first-order chi connectivity index (χ1) is 13.7. The van der Waals surface area contributed by atoms with Gasteiger partial charge in [0.25, 0.3) is 5.91 Å². The summed E-state index contributed by atoms with van der Waals surface area (Å²) < 4.78 is 0. The summed E-state index contributed by atoms with van der Waals surface area (Å²) in [5, 5.41) is 8.90. The molecule has 5 nitrogen and oxygen atoms in total. The summed E-state index contributed by atoms with van der Waals surface area (Å²) in [6, 6.07) is 16.7. The SMILES string of the molecule is CCCCCCCNCC(=O)Nc1ccc(C(=O)NCc2ccccc2)cc1. The maximum atomic E-state index is 12.2. The van der Waals surface area contributed by atoms with Crippen LogP contribution in [-0.2, 0) is 11.3 Å². The van der Waals surface area contributed by atoms with E-state index in [1.807, 2.05) is 30.3 Å². The zero-order valence-electron chi connectivity index (χ0n) is 16.7. The first kappa shape index (κ1) is 21.6. The van der Waals surface area contributed by atoms with Crippen LogP contribution < -0.4 is 16.0 Å². The van der Waals surface area contributed by atoms with E-state index in [4.69, 9.17) is 0 Å². The number of anilines is 1. The van der Waals surface area contributed by atoms with Gasteiger partial charge >= 0.3 is 0 Å². The minimum atomic E-state index is -0.133. The number of nitrogens with one attached hydrogen (secondary N) is 3. The second-order valence-corrected chi connectivity index (χ2v) is 6.88. The first-order valence-corrected chi connectivity index (χ1v) is 10.1. The summed E-state index contributed by atoms with van der Waals surface area (Å²) in [5.74, 6) is -0.207. The predicted molar refractivity (Wildman–Crippen MR) is 114 cm³/mol. The summed E-state index contributed by atoms with van der Waals surface area (Å²) in [6.07, 6.45) is 6.08. The number of amides is 2. The van der Waals surface area contributed by atoms with Crippen molar-refractivity contribution in [2.24, 2.45) is 0 Å². The summed E-state index contributed by atoms with van der Waals surface area (Å²) >= 11 is 0. The molecule has 28 heavy (non-hydrogen) atoms. The third-order valence-electron chi connectivity index (χ3n) is 4.47. The number of unbranched alkanes of at least 4 members (excludes halogenated alkanes) is 4. The number of rotatable bonds is 12. The van der Waals surface area contributed by atoms with Crippen molar-refractivity contribution in [3.05, 3.63) is 65.7 Å². The van der Waals surface area contributed by atoms with E-state index < -0.39 is 0 Å². The Balaban J connectivity index is 1.67. The Labute approximate surface area is 167 Å². The van der Waals surface area contributed by atoms with Crippen LogP contribution in [-0.4, -0.2) is 24.9 Å². The molecule has 5 heteroatoms. The van der Waals surface area contributed by atoms with Gasteiger partial charge in [0.1, 0.15) is 0 Å². The van der Waals surface area contributed by atoms with Crippen molar-refractivity contribution in [1.82, 2.24) is 10.6 Å². The third kappa shape index (κ3) is 8.35. The molecule has 0 unspecified atom stereocenters. The summed E-state index contributed by atoms with van der Waals surface area (Å²) in [5.41, 5.74) is 2.31. The highest BCUT2D eigenvalue weighted by atomic mass is 16.2. The van der Waals surface area contributed by atoms with Crippen LogP contribution in [0.3, 0.4) is 0 Å². The van der Waals surface area contributed by atoms with Gasteiger partial charge in [-0.25, -0.2) is 0 Å². The van der Waals surface area contributed by atoms with Gasteiger partial charge in [0.05, 0.1) is 6.54 Å². The number of hydrogen-bond donors (Lipinski definition) is 3. The van der Waals surface area contributed by atoms with Crippen molar-refractivity contribution >= 4 is 17.5 Å². The van der Waals surface area contributed by atoms with E-state index in [9.17, 15) is 9.59 Å². The molecule has 0 fully saturated rings. The van der Waals surface area contributed by atoms with Crippen LogP contribution in [0, 0.1) is 0 Å². The van der Waals surface area contributed by atoms with Crippen LogP contribution in [0.5, 0.6) is 0 Å². The Morgan fingerprint density at radius 1 is 0.857 bits per heavy atom. The van der Waals surface area contributed by atoms with Gasteiger partial charge in [0.15, 0.2) is 0 Å². The van der Waals surface area contributed by atoms with Crippen LogP contribution in [0.4, 0.5) is 5.69 Å². The van der Waals surface area contributed by atoms with Crippen LogP contribution in [0.2, 0.25) is 0 Å². The van der Waals surface area contributed by atoms with Crippen molar-refractivity contribution in [1.29, 1.82) is 0 Å². The van der Waals surface area contributed by atoms with Crippen molar-refractivity contribution in [2.75, 3.05) is 18.4 Å². The monoisotopic (exact) mass is 381 g/mol. The van der Waals surface area contributed by atoms with E-state index in [2.05, 4.69) is 22.9 Å². The molecule has 0 saturated heterocycles. The second-order valence-electron chi connectivity index (χ2n) is 6.88. The highest BCUT2D eigenvalue weighted by molar-refractivity contribution is 5.96. The molecule has 0 heterocycles. The Hall–Kier alpha value is -2.66. The first-order valence-electron chi connectivity index (χ1n) is 10.1. The second kappa shape index (κ2) is 12.7. The van der Waals surface area contributed by atoms with Gasteiger partial charge in [-0.15, -0.1) is 0 Å². The van der Waals surface area contributed by atoms with Crippen molar-refractivity contribution in [2.45, 2.75) is 45.6 Å². The van der Waals surface area contributed by atoms with Crippen molar-refractivity contribution < 1.29 is 9.59 Å². The lowest BCUT2D eigenvalue weighted by Gasteiger charge is -2.08. The maximum absolute atomic E-state index is 12.2. The molecule has 0 aromatic heterocycles. The van der Waals surface area contributed by atoms with Crippen LogP contribution in [0.15, 0.2) is 54.6 Å². The average molecular weight is 382 g/mol. The molecule has 2 amide bonds. The molecular formula is C23H31N3O2. The Morgan fingerprint density at radius 3 is 2.29 bits per heavy atom. The lowest BCUT2D eigenvalue weighted by atomic mass is 10.1. The molecule has 2 aromatic carbocycles. The Morgan fingerprint density at radius 2 is 1.57 bits per heavy atom. The van der Waals surface area contributed by atoms with Crippen LogP contribution >= 0.6 is 0 Å². The smallest absolute Gasteiger partial charge is 0.251 e. The lowest BCUT2D eigenvalue weighted by Crippen LogP contribution is -2.28. The molecule has 0 saturated carbocycles. The maximum Gasteiger partial charge on any atom is 0.251 e. The molecule has 0 aliphatic carbocycles. The molecule has 0 atom stereocenters. The number of benzene rings is 2. The number of hydrogen-bond acceptors (Lipinski definition) is 3. The summed E-state index contributed by atoms with van der Waals surface area (Å²) in [4.78, 5) is 24.2.